The molecule has 8 nitrogen and oxygen atoms in total. The summed E-state index contributed by atoms with van der Waals surface area (Å²) in [4.78, 5) is 22.6. The van der Waals surface area contributed by atoms with E-state index in [1.165, 1.54) is 6.33 Å². The number of carbonyl (C=O) groups excluding carboxylic acids is 1. The smallest absolute Gasteiger partial charge is 0.319 e. The summed E-state index contributed by atoms with van der Waals surface area (Å²) < 4.78 is 11.1. The number of furan rings is 1. The maximum Gasteiger partial charge on any atom is 0.319 e. The van der Waals surface area contributed by atoms with Crippen LogP contribution in [0, 0.1) is 0 Å². The highest BCUT2D eigenvalue weighted by Gasteiger charge is 2.09. The summed E-state index contributed by atoms with van der Waals surface area (Å²) >= 11 is 0. The third kappa shape index (κ3) is 4.49. The highest BCUT2D eigenvalue weighted by atomic mass is 16.5. The number of rotatable bonds is 6. The molecule has 4 rings (SSSR count). The largest absolute Gasteiger partial charge is 0.467 e. The number of benzene rings is 2. The zero-order valence-electron chi connectivity index (χ0n) is 16.6. The molecule has 2 aromatic carbocycles. The van der Waals surface area contributed by atoms with Crippen molar-refractivity contribution in [2.75, 3.05) is 24.3 Å². The second-order valence-corrected chi connectivity index (χ2v) is 6.79. The lowest BCUT2D eigenvalue weighted by Gasteiger charge is -2.13. The second kappa shape index (κ2) is 8.52. The fraction of sp³-hybridized carbons (Fsp3) is 0.136. The Morgan fingerprint density at radius 2 is 1.93 bits per heavy atom. The Morgan fingerprint density at radius 3 is 2.67 bits per heavy atom. The van der Waals surface area contributed by atoms with Crippen molar-refractivity contribution in [1.82, 2.24) is 15.3 Å². The van der Waals surface area contributed by atoms with Crippen LogP contribution in [0.2, 0.25) is 0 Å². The molecule has 0 bridgehead atoms. The molecule has 0 aliphatic carbocycles. The molecule has 30 heavy (non-hydrogen) atoms. The molecule has 0 atom stereocenters. The Labute approximate surface area is 173 Å². The number of nitrogens with zero attached hydrogens (tertiary/aromatic N) is 3. The fourth-order valence-electron chi connectivity index (χ4n) is 2.85. The van der Waals surface area contributed by atoms with Crippen LogP contribution in [0.25, 0.3) is 10.9 Å². The van der Waals surface area contributed by atoms with E-state index in [-0.39, 0.29) is 6.03 Å². The number of fused-ring (bicyclic) bond motifs is 1. The molecular formula is C22H21N5O3. The topological polar surface area (TPSA) is 92.5 Å². The molecule has 8 heteroatoms. The Kier molecular flexibility index (Phi) is 5.47. The number of aromatic nitrogens is 2. The molecule has 2 aromatic heterocycles. The summed E-state index contributed by atoms with van der Waals surface area (Å²) in [7, 11) is 3.96. The van der Waals surface area contributed by atoms with Crippen molar-refractivity contribution in [2.24, 2.45) is 0 Å². The molecule has 0 aliphatic rings. The van der Waals surface area contributed by atoms with Crippen LogP contribution in [0.15, 0.2) is 71.6 Å². The molecule has 0 unspecified atom stereocenters. The summed E-state index contributed by atoms with van der Waals surface area (Å²) in [5, 5.41) is 6.31. The van der Waals surface area contributed by atoms with E-state index in [2.05, 4.69) is 20.6 Å². The van der Waals surface area contributed by atoms with Gasteiger partial charge < -0.3 is 24.7 Å². The van der Waals surface area contributed by atoms with Crippen molar-refractivity contribution < 1.29 is 13.9 Å². The summed E-state index contributed by atoms with van der Waals surface area (Å²) in [5.74, 6) is 1.76. The van der Waals surface area contributed by atoms with E-state index < -0.39 is 0 Å². The average Bonchev–Trinajstić information content (AvgIpc) is 3.27. The number of urea groups is 1. The van der Waals surface area contributed by atoms with Gasteiger partial charge in [-0.05, 0) is 54.6 Å². The predicted octanol–water partition coefficient (Wildman–Crippen LogP) is 4.40. The molecule has 4 aromatic rings. The van der Waals surface area contributed by atoms with Gasteiger partial charge in [-0.15, -0.1) is 0 Å². The summed E-state index contributed by atoms with van der Waals surface area (Å²) in [6, 6.07) is 16.2. The zero-order chi connectivity index (χ0) is 20.9. The van der Waals surface area contributed by atoms with E-state index in [0.717, 1.165) is 16.6 Å². The van der Waals surface area contributed by atoms with Crippen molar-refractivity contribution in [1.29, 1.82) is 0 Å². The average molecular weight is 403 g/mol. The van der Waals surface area contributed by atoms with Crippen LogP contribution in [0.5, 0.6) is 11.6 Å². The fourth-order valence-corrected chi connectivity index (χ4v) is 2.85. The van der Waals surface area contributed by atoms with Gasteiger partial charge in [-0.3, -0.25) is 0 Å². The van der Waals surface area contributed by atoms with Crippen LogP contribution in [0.1, 0.15) is 5.76 Å². The van der Waals surface area contributed by atoms with Gasteiger partial charge in [0.25, 0.3) is 0 Å². The molecular weight excluding hydrogens is 382 g/mol. The third-order valence-electron chi connectivity index (χ3n) is 4.43. The second-order valence-electron chi connectivity index (χ2n) is 6.79. The molecule has 2 amide bonds. The monoisotopic (exact) mass is 403 g/mol. The van der Waals surface area contributed by atoms with Gasteiger partial charge in [0.2, 0.25) is 5.88 Å². The predicted molar refractivity (Wildman–Crippen MR) is 115 cm³/mol. The third-order valence-corrected chi connectivity index (χ3v) is 4.43. The van der Waals surface area contributed by atoms with Crippen molar-refractivity contribution in [3.63, 3.8) is 0 Å². The van der Waals surface area contributed by atoms with E-state index in [1.807, 2.05) is 37.2 Å². The van der Waals surface area contributed by atoms with Gasteiger partial charge in [0.1, 0.15) is 17.8 Å². The highest BCUT2D eigenvalue weighted by Crippen LogP contribution is 2.29. The first-order valence-corrected chi connectivity index (χ1v) is 9.36. The van der Waals surface area contributed by atoms with Crippen molar-refractivity contribution in [3.05, 3.63) is 72.9 Å². The first-order valence-electron chi connectivity index (χ1n) is 9.36. The van der Waals surface area contributed by atoms with E-state index in [1.54, 1.807) is 42.7 Å². The highest BCUT2D eigenvalue weighted by molar-refractivity contribution is 5.89. The van der Waals surface area contributed by atoms with Crippen LogP contribution in [0.3, 0.4) is 0 Å². The standard InChI is InChI=1S/C22H21N5O3/c1-27(2)16-7-10-19-20(12-16)24-14-25-21(19)30-17-8-5-15(6-9-17)26-22(28)23-13-18-4-3-11-29-18/h3-12,14H,13H2,1-2H3,(H2,23,26,28). The lowest BCUT2D eigenvalue weighted by atomic mass is 10.2. The van der Waals surface area contributed by atoms with Crippen molar-refractivity contribution >= 4 is 28.3 Å². The van der Waals surface area contributed by atoms with Gasteiger partial charge >= 0.3 is 6.03 Å². The lowest BCUT2D eigenvalue weighted by Crippen LogP contribution is -2.27. The lowest BCUT2D eigenvalue weighted by molar-refractivity contribution is 0.251. The van der Waals surface area contributed by atoms with Crippen LogP contribution in [0.4, 0.5) is 16.2 Å². The summed E-state index contributed by atoms with van der Waals surface area (Å²) in [6.07, 6.45) is 3.05. The maximum absolute atomic E-state index is 12.0. The van der Waals surface area contributed by atoms with Gasteiger partial charge in [0.15, 0.2) is 0 Å². The van der Waals surface area contributed by atoms with Gasteiger partial charge in [-0.1, -0.05) is 0 Å². The normalized spacial score (nSPS) is 10.6. The number of amides is 2. The Balaban J connectivity index is 1.41. The Hall–Kier alpha value is -4.07. The van der Waals surface area contributed by atoms with Crippen LogP contribution < -0.4 is 20.3 Å². The van der Waals surface area contributed by atoms with E-state index in [9.17, 15) is 4.79 Å². The SMILES string of the molecule is CN(C)c1ccc2c(Oc3ccc(NC(=O)NCc4ccco4)cc3)ncnc2c1. The van der Waals surface area contributed by atoms with Crippen LogP contribution in [-0.4, -0.2) is 30.1 Å². The molecule has 2 heterocycles. The number of hydrogen-bond donors (Lipinski definition) is 2. The number of nitrogens with one attached hydrogen (secondary N) is 2. The van der Waals surface area contributed by atoms with Crippen molar-refractivity contribution in [3.8, 4) is 11.6 Å². The molecule has 2 N–H and O–H groups in total. The minimum atomic E-state index is -0.321. The van der Waals surface area contributed by atoms with Gasteiger partial charge in [0.05, 0.1) is 23.7 Å². The van der Waals surface area contributed by atoms with Crippen LogP contribution in [-0.2, 0) is 6.54 Å². The number of ether oxygens (including phenoxy) is 1. The Bertz CT molecular complexity index is 1140. The number of anilines is 2. The summed E-state index contributed by atoms with van der Waals surface area (Å²) in [6.45, 7) is 0.316. The van der Waals surface area contributed by atoms with E-state index in [0.29, 0.717) is 29.6 Å². The molecule has 0 saturated carbocycles. The minimum absolute atomic E-state index is 0.316. The molecule has 0 saturated heterocycles. The molecule has 0 radical (unpaired) electrons. The zero-order valence-corrected chi connectivity index (χ0v) is 16.6. The molecule has 0 aliphatic heterocycles. The summed E-state index contributed by atoms with van der Waals surface area (Å²) in [5.41, 5.74) is 2.49. The van der Waals surface area contributed by atoms with Crippen LogP contribution >= 0.6 is 0 Å². The van der Waals surface area contributed by atoms with Gasteiger partial charge in [0, 0.05) is 25.5 Å². The van der Waals surface area contributed by atoms with Gasteiger partial charge in [-0.2, -0.15) is 0 Å². The minimum Gasteiger partial charge on any atom is -0.467 e. The molecule has 0 spiro atoms. The van der Waals surface area contributed by atoms with E-state index >= 15 is 0 Å². The molecule has 152 valence electrons. The van der Waals surface area contributed by atoms with Crippen molar-refractivity contribution in [2.45, 2.75) is 6.54 Å². The first kappa shape index (κ1) is 19.3. The Morgan fingerprint density at radius 1 is 1.10 bits per heavy atom. The van der Waals surface area contributed by atoms with E-state index in [4.69, 9.17) is 9.15 Å². The molecule has 0 fully saturated rings. The number of hydrogen-bond acceptors (Lipinski definition) is 6. The first-order chi connectivity index (χ1) is 14.6. The quantitative estimate of drug-likeness (QED) is 0.496. The maximum atomic E-state index is 12.0. The van der Waals surface area contributed by atoms with Gasteiger partial charge in [-0.25, -0.2) is 14.8 Å². The number of carbonyl (C=O) groups is 1.